The first-order chi connectivity index (χ1) is 9.25. The summed E-state index contributed by atoms with van der Waals surface area (Å²) in [7, 11) is 0. The molecule has 0 saturated carbocycles. The minimum Gasteiger partial charge on any atom is -0.459 e. The van der Waals surface area contributed by atoms with Crippen molar-refractivity contribution in [3.8, 4) is 0 Å². The SMILES string of the molecule is Cc1nc(C2CCCCN2C(=O)c2ccco2)n[nH]1. The van der Waals surface area contributed by atoms with Crippen LogP contribution in [0.4, 0.5) is 0 Å². The van der Waals surface area contributed by atoms with Crippen LogP contribution < -0.4 is 0 Å². The highest BCUT2D eigenvalue weighted by Gasteiger charge is 2.32. The molecule has 1 saturated heterocycles. The van der Waals surface area contributed by atoms with E-state index in [4.69, 9.17) is 4.42 Å². The molecule has 0 aromatic carbocycles. The van der Waals surface area contributed by atoms with E-state index >= 15 is 0 Å². The van der Waals surface area contributed by atoms with Gasteiger partial charge in [-0.15, -0.1) is 0 Å². The molecule has 6 nitrogen and oxygen atoms in total. The maximum absolute atomic E-state index is 12.4. The van der Waals surface area contributed by atoms with Crippen molar-refractivity contribution in [1.82, 2.24) is 20.1 Å². The van der Waals surface area contributed by atoms with E-state index in [9.17, 15) is 4.79 Å². The Morgan fingerprint density at radius 2 is 2.42 bits per heavy atom. The van der Waals surface area contributed by atoms with Crippen LogP contribution in [0.25, 0.3) is 0 Å². The van der Waals surface area contributed by atoms with Crippen LogP contribution in [0.2, 0.25) is 0 Å². The summed E-state index contributed by atoms with van der Waals surface area (Å²) in [4.78, 5) is 18.6. The third-order valence-electron chi connectivity index (χ3n) is 3.41. The number of piperidine rings is 1. The zero-order chi connectivity index (χ0) is 13.2. The number of aryl methyl sites for hydroxylation is 1. The number of nitrogens with one attached hydrogen (secondary N) is 1. The molecule has 2 aromatic rings. The van der Waals surface area contributed by atoms with E-state index in [0.717, 1.165) is 31.6 Å². The number of likely N-dealkylation sites (tertiary alicyclic amines) is 1. The molecule has 3 rings (SSSR count). The van der Waals surface area contributed by atoms with Gasteiger partial charge in [-0.25, -0.2) is 4.98 Å². The van der Waals surface area contributed by atoms with Crippen LogP contribution >= 0.6 is 0 Å². The molecule has 0 aliphatic carbocycles. The van der Waals surface area contributed by atoms with E-state index in [1.54, 1.807) is 12.1 Å². The number of furan rings is 1. The van der Waals surface area contributed by atoms with Crippen molar-refractivity contribution in [2.75, 3.05) is 6.54 Å². The Bertz CT molecular complexity index is 561. The fourth-order valence-corrected chi connectivity index (χ4v) is 2.49. The summed E-state index contributed by atoms with van der Waals surface area (Å²) in [5.74, 6) is 1.75. The van der Waals surface area contributed by atoms with Gasteiger partial charge in [0.05, 0.1) is 12.3 Å². The topological polar surface area (TPSA) is 75.0 Å². The van der Waals surface area contributed by atoms with E-state index < -0.39 is 0 Å². The molecular formula is C13H16N4O2. The molecule has 1 atom stereocenters. The van der Waals surface area contributed by atoms with Gasteiger partial charge in [0.25, 0.3) is 5.91 Å². The summed E-state index contributed by atoms with van der Waals surface area (Å²) in [5, 5.41) is 7.03. The number of H-pyrrole nitrogens is 1. The highest BCUT2D eigenvalue weighted by atomic mass is 16.3. The molecular weight excluding hydrogens is 244 g/mol. The molecule has 6 heteroatoms. The average molecular weight is 260 g/mol. The second-order valence-corrected chi connectivity index (χ2v) is 4.77. The molecule has 2 aromatic heterocycles. The van der Waals surface area contributed by atoms with Crippen LogP contribution in [0.15, 0.2) is 22.8 Å². The van der Waals surface area contributed by atoms with E-state index in [1.165, 1.54) is 6.26 Å². The van der Waals surface area contributed by atoms with Crippen molar-refractivity contribution in [2.45, 2.75) is 32.2 Å². The molecule has 1 aliphatic heterocycles. The van der Waals surface area contributed by atoms with Crippen molar-refractivity contribution >= 4 is 5.91 Å². The largest absolute Gasteiger partial charge is 0.459 e. The second-order valence-electron chi connectivity index (χ2n) is 4.77. The first-order valence-electron chi connectivity index (χ1n) is 6.49. The monoisotopic (exact) mass is 260 g/mol. The molecule has 1 fully saturated rings. The van der Waals surface area contributed by atoms with Crippen molar-refractivity contribution in [3.63, 3.8) is 0 Å². The van der Waals surface area contributed by atoms with Gasteiger partial charge in [-0.05, 0) is 38.3 Å². The molecule has 1 amide bonds. The summed E-state index contributed by atoms with van der Waals surface area (Å²) < 4.78 is 5.20. The minimum absolute atomic E-state index is 0.0590. The highest BCUT2D eigenvalue weighted by molar-refractivity contribution is 5.91. The van der Waals surface area contributed by atoms with Gasteiger partial charge in [-0.1, -0.05) is 0 Å². The fourth-order valence-electron chi connectivity index (χ4n) is 2.49. The summed E-state index contributed by atoms with van der Waals surface area (Å²) in [6, 6.07) is 3.36. The number of hydrogen-bond acceptors (Lipinski definition) is 4. The quantitative estimate of drug-likeness (QED) is 0.897. The Morgan fingerprint density at radius 3 is 3.11 bits per heavy atom. The number of nitrogens with zero attached hydrogens (tertiary/aromatic N) is 3. The summed E-state index contributed by atoms with van der Waals surface area (Å²) in [6.07, 6.45) is 4.50. The molecule has 0 radical (unpaired) electrons. The van der Waals surface area contributed by atoms with E-state index in [0.29, 0.717) is 11.6 Å². The molecule has 0 spiro atoms. The number of amides is 1. The smallest absolute Gasteiger partial charge is 0.290 e. The molecule has 1 unspecified atom stereocenters. The average Bonchev–Trinajstić information content (AvgIpc) is 3.09. The maximum atomic E-state index is 12.4. The van der Waals surface area contributed by atoms with Crippen molar-refractivity contribution in [1.29, 1.82) is 0 Å². The van der Waals surface area contributed by atoms with Crippen LogP contribution in [0.3, 0.4) is 0 Å². The van der Waals surface area contributed by atoms with Crippen molar-refractivity contribution in [2.24, 2.45) is 0 Å². The standard InChI is InChI=1S/C13H16N4O2/c1-9-14-12(16-15-9)10-5-2-3-7-17(10)13(18)11-6-4-8-19-11/h4,6,8,10H,2-3,5,7H2,1H3,(H,14,15,16). The summed E-state index contributed by atoms with van der Waals surface area (Å²) in [5.41, 5.74) is 0. The molecule has 0 bridgehead atoms. The predicted molar refractivity (Wildman–Crippen MR) is 67.5 cm³/mol. The number of rotatable bonds is 2. The zero-order valence-electron chi connectivity index (χ0n) is 10.8. The van der Waals surface area contributed by atoms with Crippen LogP contribution in [0, 0.1) is 6.92 Å². The first kappa shape index (κ1) is 12.0. The lowest BCUT2D eigenvalue weighted by Crippen LogP contribution is -2.38. The maximum Gasteiger partial charge on any atom is 0.290 e. The highest BCUT2D eigenvalue weighted by Crippen LogP contribution is 2.30. The number of aromatic amines is 1. The normalized spacial score (nSPS) is 19.6. The number of hydrogen-bond donors (Lipinski definition) is 1. The van der Waals surface area contributed by atoms with Gasteiger partial charge < -0.3 is 9.32 Å². The van der Waals surface area contributed by atoms with Gasteiger partial charge >= 0.3 is 0 Å². The van der Waals surface area contributed by atoms with Gasteiger partial charge in [0.2, 0.25) is 0 Å². The number of carbonyl (C=O) groups is 1. The Balaban J connectivity index is 1.87. The summed E-state index contributed by atoms with van der Waals surface area (Å²) in [6.45, 7) is 2.58. The fraction of sp³-hybridized carbons (Fsp3) is 0.462. The number of carbonyl (C=O) groups excluding carboxylic acids is 1. The van der Waals surface area contributed by atoms with Crippen LogP contribution in [-0.4, -0.2) is 32.5 Å². The molecule has 1 N–H and O–H groups in total. The van der Waals surface area contributed by atoms with E-state index in [-0.39, 0.29) is 11.9 Å². The van der Waals surface area contributed by atoms with Crippen LogP contribution in [0.1, 0.15) is 47.5 Å². The van der Waals surface area contributed by atoms with Crippen molar-refractivity contribution < 1.29 is 9.21 Å². The minimum atomic E-state index is -0.0860. The van der Waals surface area contributed by atoms with E-state index in [2.05, 4.69) is 15.2 Å². The van der Waals surface area contributed by atoms with Gasteiger partial charge in [-0.2, -0.15) is 5.10 Å². The number of aromatic nitrogens is 3. The van der Waals surface area contributed by atoms with Gasteiger partial charge in [-0.3, -0.25) is 9.89 Å². The Hall–Kier alpha value is -2.11. The first-order valence-corrected chi connectivity index (χ1v) is 6.49. The molecule has 100 valence electrons. The third kappa shape index (κ3) is 2.25. The lowest BCUT2D eigenvalue weighted by Gasteiger charge is -2.33. The van der Waals surface area contributed by atoms with E-state index in [1.807, 2.05) is 11.8 Å². The van der Waals surface area contributed by atoms with Crippen LogP contribution in [0.5, 0.6) is 0 Å². The lowest BCUT2D eigenvalue weighted by molar-refractivity contribution is 0.0568. The molecule has 3 heterocycles. The third-order valence-corrected chi connectivity index (χ3v) is 3.41. The molecule has 19 heavy (non-hydrogen) atoms. The van der Waals surface area contributed by atoms with Gasteiger partial charge in [0.15, 0.2) is 11.6 Å². The van der Waals surface area contributed by atoms with Crippen molar-refractivity contribution in [3.05, 3.63) is 35.8 Å². The second kappa shape index (κ2) is 4.87. The predicted octanol–water partition coefficient (Wildman–Crippen LogP) is 2.07. The lowest BCUT2D eigenvalue weighted by atomic mass is 10.0. The Kier molecular flexibility index (Phi) is 3.06. The van der Waals surface area contributed by atoms with Gasteiger partial charge in [0.1, 0.15) is 5.82 Å². The Morgan fingerprint density at radius 1 is 1.53 bits per heavy atom. The van der Waals surface area contributed by atoms with Gasteiger partial charge in [0, 0.05) is 6.54 Å². The molecule has 1 aliphatic rings. The summed E-state index contributed by atoms with van der Waals surface area (Å²) >= 11 is 0. The zero-order valence-corrected chi connectivity index (χ0v) is 10.8. The Labute approximate surface area is 110 Å². The van der Waals surface area contributed by atoms with Crippen LogP contribution in [-0.2, 0) is 0 Å².